The topological polar surface area (TPSA) is 92.6 Å². The number of hydrogen-bond donors (Lipinski definition) is 3. The van der Waals surface area contributed by atoms with Crippen LogP contribution in [0.15, 0.2) is 11.1 Å². The molecular formula is C15H28N6O2. The molecule has 0 fully saturated rings. The summed E-state index contributed by atoms with van der Waals surface area (Å²) < 4.78 is 6.87. The Morgan fingerprint density at radius 3 is 2.70 bits per heavy atom. The van der Waals surface area contributed by atoms with Gasteiger partial charge in [0.05, 0.1) is 18.8 Å². The summed E-state index contributed by atoms with van der Waals surface area (Å²) in [5.41, 5.74) is 2.20. The second-order valence-electron chi connectivity index (χ2n) is 5.20. The fourth-order valence-corrected chi connectivity index (χ4v) is 2.08. The molecule has 130 valence electrons. The number of aliphatic imine (C=N–C) groups is 1. The molecule has 23 heavy (non-hydrogen) atoms. The monoisotopic (exact) mass is 324 g/mol. The van der Waals surface area contributed by atoms with Crippen molar-refractivity contribution in [3.63, 3.8) is 0 Å². The van der Waals surface area contributed by atoms with Crippen molar-refractivity contribution in [3.05, 3.63) is 17.5 Å². The van der Waals surface area contributed by atoms with E-state index in [0.717, 1.165) is 30.9 Å². The van der Waals surface area contributed by atoms with E-state index in [1.807, 2.05) is 11.6 Å². The first-order valence-electron chi connectivity index (χ1n) is 7.78. The summed E-state index contributed by atoms with van der Waals surface area (Å²) in [6.07, 6.45) is 0.919. The zero-order chi connectivity index (χ0) is 17.1. The van der Waals surface area contributed by atoms with E-state index in [9.17, 15) is 4.79 Å². The van der Waals surface area contributed by atoms with Crippen LogP contribution in [0.4, 0.5) is 0 Å². The van der Waals surface area contributed by atoms with Crippen molar-refractivity contribution >= 4 is 11.9 Å². The summed E-state index contributed by atoms with van der Waals surface area (Å²) in [6.45, 7) is 6.84. The first-order valence-corrected chi connectivity index (χ1v) is 7.78. The highest BCUT2D eigenvalue weighted by Crippen LogP contribution is 2.02. The summed E-state index contributed by atoms with van der Waals surface area (Å²) in [6, 6.07) is 2.07. The van der Waals surface area contributed by atoms with E-state index in [1.165, 1.54) is 0 Å². The first-order chi connectivity index (χ1) is 11.1. The van der Waals surface area contributed by atoms with Crippen LogP contribution in [0, 0.1) is 13.8 Å². The molecule has 1 heterocycles. The molecule has 0 radical (unpaired) electrons. The average Bonchev–Trinajstić information content (AvgIpc) is 2.84. The van der Waals surface area contributed by atoms with E-state index >= 15 is 0 Å². The van der Waals surface area contributed by atoms with Crippen molar-refractivity contribution in [1.29, 1.82) is 0 Å². The summed E-state index contributed by atoms with van der Waals surface area (Å²) in [7, 11) is 3.28. The normalized spacial score (nSPS) is 11.4. The number of rotatable bonds is 9. The molecule has 1 aromatic rings. The third-order valence-corrected chi connectivity index (χ3v) is 3.21. The Morgan fingerprint density at radius 1 is 1.30 bits per heavy atom. The molecule has 0 aliphatic rings. The molecule has 8 heteroatoms. The number of amides is 1. The molecule has 3 N–H and O–H groups in total. The van der Waals surface area contributed by atoms with Crippen molar-refractivity contribution in [2.75, 3.05) is 40.4 Å². The molecule has 0 bridgehead atoms. The average molecular weight is 324 g/mol. The highest BCUT2D eigenvalue weighted by atomic mass is 16.5. The van der Waals surface area contributed by atoms with Crippen molar-refractivity contribution in [2.24, 2.45) is 4.99 Å². The number of nitrogens with zero attached hydrogens (tertiary/aromatic N) is 3. The van der Waals surface area contributed by atoms with E-state index < -0.39 is 0 Å². The van der Waals surface area contributed by atoms with Gasteiger partial charge in [-0.2, -0.15) is 5.10 Å². The number of aromatic nitrogens is 2. The Kier molecular flexibility index (Phi) is 8.74. The van der Waals surface area contributed by atoms with Gasteiger partial charge in [0, 0.05) is 39.5 Å². The van der Waals surface area contributed by atoms with Gasteiger partial charge in [-0.05, 0) is 26.3 Å². The largest absolute Gasteiger partial charge is 0.383 e. The zero-order valence-electron chi connectivity index (χ0n) is 14.5. The quantitative estimate of drug-likeness (QED) is 0.333. The maximum atomic E-state index is 11.6. The van der Waals surface area contributed by atoms with Crippen molar-refractivity contribution in [2.45, 2.75) is 26.8 Å². The Hall–Kier alpha value is -2.09. The minimum atomic E-state index is -0.0901. The van der Waals surface area contributed by atoms with Gasteiger partial charge in [0.25, 0.3) is 0 Å². The lowest BCUT2D eigenvalue weighted by Gasteiger charge is -2.12. The van der Waals surface area contributed by atoms with Crippen LogP contribution < -0.4 is 16.0 Å². The second kappa shape index (κ2) is 10.6. The molecule has 1 rings (SSSR count). The molecule has 8 nitrogen and oxygen atoms in total. The van der Waals surface area contributed by atoms with Gasteiger partial charge in [0.2, 0.25) is 5.91 Å². The van der Waals surface area contributed by atoms with Gasteiger partial charge in [0.15, 0.2) is 5.96 Å². The van der Waals surface area contributed by atoms with Gasteiger partial charge in [-0.15, -0.1) is 0 Å². The number of guanidine groups is 1. The third-order valence-electron chi connectivity index (χ3n) is 3.21. The van der Waals surface area contributed by atoms with Gasteiger partial charge in [-0.3, -0.25) is 14.5 Å². The predicted molar refractivity (Wildman–Crippen MR) is 90.6 cm³/mol. The van der Waals surface area contributed by atoms with E-state index in [0.29, 0.717) is 19.1 Å². The summed E-state index contributed by atoms with van der Waals surface area (Å²) in [5, 5.41) is 13.3. The smallest absolute Gasteiger partial charge is 0.239 e. The molecule has 0 atom stereocenters. The Morgan fingerprint density at radius 2 is 2.09 bits per heavy atom. The van der Waals surface area contributed by atoms with Crippen LogP contribution in [0.25, 0.3) is 0 Å². The van der Waals surface area contributed by atoms with Crippen LogP contribution in [-0.4, -0.2) is 62.0 Å². The van der Waals surface area contributed by atoms with E-state index in [4.69, 9.17) is 4.74 Å². The minimum absolute atomic E-state index is 0.0901. The lowest BCUT2D eigenvalue weighted by atomic mass is 10.4. The molecule has 0 unspecified atom stereocenters. The number of carbonyl (C=O) groups is 1. The highest BCUT2D eigenvalue weighted by molar-refractivity contribution is 5.86. The summed E-state index contributed by atoms with van der Waals surface area (Å²) >= 11 is 0. The molecule has 0 aliphatic carbocycles. The number of aryl methyl sites for hydroxylation is 3. The summed E-state index contributed by atoms with van der Waals surface area (Å²) in [5.74, 6) is 0.521. The summed E-state index contributed by atoms with van der Waals surface area (Å²) in [4.78, 5) is 15.7. The van der Waals surface area contributed by atoms with Crippen LogP contribution in [0.3, 0.4) is 0 Å². The maximum Gasteiger partial charge on any atom is 0.239 e. The van der Waals surface area contributed by atoms with Crippen LogP contribution in [-0.2, 0) is 16.1 Å². The standard InChI is InChI=1S/C15H28N6O2/c1-12-10-13(2)21(20-12)8-5-6-18-15(16-3)19-11-14(22)17-7-9-23-4/h10H,5-9,11H2,1-4H3,(H,17,22)(H2,16,18,19). The van der Waals surface area contributed by atoms with Crippen molar-refractivity contribution in [1.82, 2.24) is 25.7 Å². The van der Waals surface area contributed by atoms with Gasteiger partial charge >= 0.3 is 0 Å². The number of methoxy groups -OCH3 is 1. The lowest BCUT2D eigenvalue weighted by Crippen LogP contribution is -2.44. The maximum absolute atomic E-state index is 11.6. The highest BCUT2D eigenvalue weighted by Gasteiger charge is 2.03. The van der Waals surface area contributed by atoms with Crippen molar-refractivity contribution in [3.8, 4) is 0 Å². The zero-order valence-corrected chi connectivity index (χ0v) is 14.5. The number of nitrogens with one attached hydrogen (secondary N) is 3. The minimum Gasteiger partial charge on any atom is -0.383 e. The molecule has 0 aromatic carbocycles. The van der Waals surface area contributed by atoms with Gasteiger partial charge in [-0.25, -0.2) is 0 Å². The van der Waals surface area contributed by atoms with Crippen molar-refractivity contribution < 1.29 is 9.53 Å². The third kappa shape index (κ3) is 7.64. The SMILES string of the molecule is CN=C(NCCCn1nc(C)cc1C)NCC(=O)NCCOC. The predicted octanol–water partition coefficient (Wildman–Crippen LogP) is -0.182. The van der Waals surface area contributed by atoms with Crippen LogP contribution >= 0.6 is 0 Å². The molecule has 0 aliphatic heterocycles. The Bertz CT molecular complexity index is 512. The fourth-order valence-electron chi connectivity index (χ4n) is 2.08. The van der Waals surface area contributed by atoms with Gasteiger partial charge in [0.1, 0.15) is 0 Å². The van der Waals surface area contributed by atoms with Gasteiger partial charge in [-0.1, -0.05) is 0 Å². The number of hydrogen-bond acceptors (Lipinski definition) is 4. The first kappa shape index (κ1) is 19.0. The molecule has 0 saturated heterocycles. The molecule has 0 spiro atoms. The molecular weight excluding hydrogens is 296 g/mol. The number of ether oxygens (including phenoxy) is 1. The Balaban J connectivity index is 2.19. The van der Waals surface area contributed by atoms with E-state index in [2.05, 4.69) is 39.0 Å². The van der Waals surface area contributed by atoms with Crippen LogP contribution in [0.5, 0.6) is 0 Å². The molecule has 1 aromatic heterocycles. The van der Waals surface area contributed by atoms with Crippen LogP contribution in [0.1, 0.15) is 17.8 Å². The van der Waals surface area contributed by atoms with E-state index in [-0.39, 0.29) is 12.5 Å². The van der Waals surface area contributed by atoms with E-state index in [1.54, 1.807) is 14.2 Å². The molecule has 1 amide bonds. The molecule has 0 saturated carbocycles. The van der Waals surface area contributed by atoms with Crippen LogP contribution in [0.2, 0.25) is 0 Å². The number of carbonyl (C=O) groups excluding carboxylic acids is 1. The van der Waals surface area contributed by atoms with Gasteiger partial charge < -0.3 is 20.7 Å². The lowest BCUT2D eigenvalue weighted by molar-refractivity contribution is -0.120. The Labute approximate surface area is 137 Å². The fraction of sp³-hybridized carbons (Fsp3) is 0.667. The second-order valence-corrected chi connectivity index (χ2v) is 5.20.